The molecule has 2 aromatic rings. The zero-order chi connectivity index (χ0) is 24.8. The zero-order valence-electron chi connectivity index (χ0n) is 22.6. The lowest BCUT2D eigenvalue weighted by molar-refractivity contribution is 0.281. The van der Waals surface area contributed by atoms with Crippen LogP contribution < -0.4 is 9.47 Å². The Morgan fingerprint density at radius 2 is 1.00 bits per heavy atom. The van der Waals surface area contributed by atoms with E-state index >= 15 is 0 Å². The molecule has 0 aliphatic rings. The molecular formula is C30H48N2O2. The van der Waals surface area contributed by atoms with E-state index < -0.39 is 0 Å². The number of benzene rings is 2. The molecule has 0 N–H and O–H groups in total. The van der Waals surface area contributed by atoms with Gasteiger partial charge in [0, 0.05) is 19.0 Å². The molecular weight excluding hydrogens is 420 g/mol. The second-order valence-electron chi connectivity index (χ2n) is 9.96. The Bertz CT molecular complexity index is 706. The van der Waals surface area contributed by atoms with E-state index in [1.807, 2.05) is 0 Å². The summed E-state index contributed by atoms with van der Waals surface area (Å²) in [6.45, 7) is 8.21. The minimum absolute atomic E-state index is 0.394. The van der Waals surface area contributed by atoms with E-state index in [1.54, 1.807) is 0 Å². The van der Waals surface area contributed by atoms with Crippen molar-refractivity contribution in [3.8, 4) is 11.5 Å². The van der Waals surface area contributed by atoms with E-state index in [9.17, 15) is 0 Å². The molecule has 2 aromatic carbocycles. The molecule has 0 saturated heterocycles. The molecule has 0 bridgehead atoms. The van der Waals surface area contributed by atoms with Crippen molar-refractivity contribution in [2.24, 2.45) is 5.92 Å². The molecule has 0 aliphatic heterocycles. The summed E-state index contributed by atoms with van der Waals surface area (Å²) in [6, 6.07) is 17.7. The summed E-state index contributed by atoms with van der Waals surface area (Å²) in [4.78, 5) is 4.39. The van der Waals surface area contributed by atoms with E-state index in [0.29, 0.717) is 11.8 Å². The van der Waals surface area contributed by atoms with Crippen LogP contribution in [-0.4, -0.2) is 64.3 Å². The Morgan fingerprint density at radius 3 is 1.32 bits per heavy atom. The smallest absolute Gasteiger partial charge is 0.119 e. The highest BCUT2D eigenvalue weighted by Gasteiger charge is 2.24. The monoisotopic (exact) mass is 468 g/mol. The van der Waals surface area contributed by atoms with Crippen LogP contribution in [0.15, 0.2) is 48.5 Å². The number of ether oxygens (including phenoxy) is 2. The highest BCUT2D eigenvalue weighted by atomic mass is 16.5. The van der Waals surface area contributed by atoms with Gasteiger partial charge in [-0.2, -0.15) is 0 Å². The van der Waals surface area contributed by atoms with Crippen LogP contribution >= 0.6 is 0 Å². The third-order valence-corrected chi connectivity index (χ3v) is 6.31. The molecule has 0 fully saturated rings. The van der Waals surface area contributed by atoms with Crippen molar-refractivity contribution in [2.45, 2.75) is 58.3 Å². The highest BCUT2D eigenvalue weighted by Crippen LogP contribution is 2.38. The van der Waals surface area contributed by atoms with E-state index in [2.05, 4.69) is 100 Å². The molecule has 34 heavy (non-hydrogen) atoms. The van der Waals surface area contributed by atoms with Crippen LogP contribution in [0.25, 0.3) is 0 Å². The van der Waals surface area contributed by atoms with Crippen LogP contribution in [0.4, 0.5) is 0 Å². The van der Waals surface area contributed by atoms with Crippen LogP contribution in [0.5, 0.6) is 11.5 Å². The lowest BCUT2D eigenvalue weighted by atomic mass is 9.76. The predicted octanol–water partition coefficient (Wildman–Crippen LogP) is 6.70. The molecule has 0 aromatic heterocycles. The van der Waals surface area contributed by atoms with Gasteiger partial charge in [0.2, 0.25) is 0 Å². The van der Waals surface area contributed by atoms with E-state index in [0.717, 1.165) is 50.6 Å². The summed E-state index contributed by atoms with van der Waals surface area (Å²) in [5.74, 6) is 2.95. The maximum absolute atomic E-state index is 5.98. The van der Waals surface area contributed by atoms with Gasteiger partial charge in [0.05, 0.1) is 13.2 Å². The fourth-order valence-corrected chi connectivity index (χ4v) is 4.64. The van der Waals surface area contributed by atoms with Gasteiger partial charge in [0.15, 0.2) is 0 Å². The first kappa shape index (κ1) is 28.2. The number of rotatable bonds is 17. The number of nitrogens with zero attached hydrogens (tertiary/aromatic N) is 2. The molecule has 4 heteroatoms. The lowest BCUT2D eigenvalue weighted by Gasteiger charge is -2.28. The summed E-state index contributed by atoms with van der Waals surface area (Å²) in [5.41, 5.74) is 2.76. The van der Waals surface area contributed by atoms with Gasteiger partial charge in [-0.1, -0.05) is 51.0 Å². The molecule has 190 valence electrons. The largest absolute Gasteiger partial charge is 0.494 e. The van der Waals surface area contributed by atoms with Crippen LogP contribution in [0.1, 0.15) is 69.4 Å². The summed E-state index contributed by atoms with van der Waals surface area (Å²) in [5, 5.41) is 0. The number of hydrogen-bond acceptors (Lipinski definition) is 4. The molecule has 4 nitrogen and oxygen atoms in total. The average molecular weight is 469 g/mol. The maximum atomic E-state index is 5.98. The molecule has 0 spiro atoms. The fourth-order valence-electron chi connectivity index (χ4n) is 4.64. The number of hydrogen-bond donors (Lipinski definition) is 0. The summed E-state index contributed by atoms with van der Waals surface area (Å²) < 4.78 is 12.0. The minimum Gasteiger partial charge on any atom is -0.494 e. The first-order valence-corrected chi connectivity index (χ1v) is 13.2. The molecule has 0 heterocycles. The third kappa shape index (κ3) is 10.1. The van der Waals surface area contributed by atoms with E-state index in [-0.39, 0.29) is 0 Å². The van der Waals surface area contributed by atoms with Crippen LogP contribution in [-0.2, 0) is 0 Å². The summed E-state index contributed by atoms with van der Waals surface area (Å²) >= 11 is 0. The Labute approximate surface area is 209 Å². The first-order chi connectivity index (χ1) is 16.4. The molecule has 0 saturated carbocycles. The second-order valence-corrected chi connectivity index (χ2v) is 9.96. The third-order valence-electron chi connectivity index (χ3n) is 6.31. The summed E-state index contributed by atoms with van der Waals surface area (Å²) in [7, 11) is 8.40. The van der Waals surface area contributed by atoms with Gasteiger partial charge in [-0.25, -0.2) is 0 Å². The van der Waals surface area contributed by atoms with Gasteiger partial charge >= 0.3 is 0 Å². The molecule has 2 rings (SSSR count). The van der Waals surface area contributed by atoms with Crippen LogP contribution in [0, 0.1) is 5.92 Å². The van der Waals surface area contributed by atoms with Gasteiger partial charge in [0.25, 0.3) is 0 Å². The average Bonchev–Trinajstić information content (AvgIpc) is 2.81. The second kappa shape index (κ2) is 15.8. The highest BCUT2D eigenvalue weighted by molar-refractivity contribution is 5.39. The van der Waals surface area contributed by atoms with Gasteiger partial charge in [-0.15, -0.1) is 0 Å². The van der Waals surface area contributed by atoms with E-state index in [1.165, 1.54) is 36.8 Å². The molecule has 0 unspecified atom stereocenters. The van der Waals surface area contributed by atoms with Gasteiger partial charge in [-0.3, -0.25) is 0 Å². The standard InChI is InChI=1S/C30H48N2O2/c1-7-11-25(12-8-2)30(26-13-17-28(18-14-26)33-23-9-21-31(3)4)27-15-19-29(20-16-27)34-24-10-22-32(5)6/h13-20,25,30H,7-12,21-24H2,1-6H3. The lowest BCUT2D eigenvalue weighted by Crippen LogP contribution is -2.16. The van der Waals surface area contributed by atoms with Crippen molar-refractivity contribution >= 4 is 0 Å². The van der Waals surface area contributed by atoms with Crippen molar-refractivity contribution in [3.05, 3.63) is 59.7 Å². The van der Waals surface area contributed by atoms with Gasteiger partial charge in [0.1, 0.15) is 11.5 Å². The fraction of sp³-hybridized carbons (Fsp3) is 0.600. The van der Waals surface area contributed by atoms with Crippen molar-refractivity contribution in [3.63, 3.8) is 0 Å². The topological polar surface area (TPSA) is 24.9 Å². The maximum Gasteiger partial charge on any atom is 0.119 e. The minimum atomic E-state index is 0.394. The zero-order valence-corrected chi connectivity index (χ0v) is 22.6. The Kier molecular flexibility index (Phi) is 13.1. The van der Waals surface area contributed by atoms with Gasteiger partial charge < -0.3 is 19.3 Å². The van der Waals surface area contributed by atoms with Crippen molar-refractivity contribution in [1.29, 1.82) is 0 Å². The predicted molar refractivity (Wildman–Crippen MR) is 145 cm³/mol. The Balaban J connectivity index is 2.13. The van der Waals surface area contributed by atoms with Crippen molar-refractivity contribution < 1.29 is 9.47 Å². The van der Waals surface area contributed by atoms with Crippen molar-refractivity contribution in [1.82, 2.24) is 9.80 Å². The quantitative estimate of drug-likeness (QED) is 0.241. The molecule has 0 amide bonds. The van der Waals surface area contributed by atoms with Crippen LogP contribution in [0.2, 0.25) is 0 Å². The SMILES string of the molecule is CCCC(CCC)C(c1ccc(OCCCN(C)C)cc1)c1ccc(OCCCN(C)C)cc1. The molecule has 0 radical (unpaired) electrons. The molecule has 0 aliphatic carbocycles. The Morgan fingerprint density at radius 1 is 0.618 bits per heavy atom. The van der Waals surface area contributed by atoms with Crippen molar-refractivity contribution in [2.75, 3.05) is 54.5 Å². The van der Waals surface area contributed by atoms with E-state index in [4.69, 9.17) is 9.47 Å². The first-order valence-electron chi connectivity index (χ1n) is 13.2. The summed E-state index contributed by atoms with van der Waals surface area (Å²) in [6.07, 6.45) is 6.98. The van der Waals surface area contributed by atoms with Gasteiger partial charge in [-0.05, 0) is 95.2 Å². The normalized spacial score (nSPS) is 11.7. The Hall–Kier alpha value is -2.04. The molecule has 0 atom stereocenters. The van der Waals surface area contributed by atoms with Crippen LogP contribution in [0.3, 0.4) is 0 Å².